The SMILES string of the molecule is NC1CCC(Nc2ccc3ncc(Cc4ccccc4O)n3n2)CC1. The quantitative estimate of drug-likeness (QED) is 0.681. The smallest absolute Gasteiger partial charge is 0.153 e. The molecular weight excluding hydrogens is 314 g/mol. The number of phenols is 1. The Hall–Kier alpha value is -2.60. The van der Waals surface area contributed by atoms with Crippen LogP contribution in [0.15, 0.2) is 42.6 Å². The first-order valence-corrected chi connectivity index (χ1v) is 8.82. The Bertz CT molecular complexity index is 867. The summed E-state index contributed by atoms with van der Waals surface area (Å²) in [5.41, 5.74) is 8.60. The molecule has 1 aromatic carbocycles. The highest BCUT2D eigenvalue weighted by atomic mass is 16.3. The maximum Gasteiger partial charge on any atom is 0.153 e. The first-order chi connectivity index (χ1) is 12.2. The number of nitrogens with two attached hydrogens (primary N) is 1. The Morgan fingerprint density at radius 3 is 2.72 bits per heavy atom. The van der Waals surface area contributed by atoms with Crippen LogP contribution in [0.2, 0.25) is 0 Å². The second-order valence-corrected chi connectivity index (χ2v) is 6.80. The fourth-order valence-electron chi connectivity index (χ4n) is 3.45. The van der Waals surface area contributed by atoms with Gasteiger partial charge in [0, 0.05) is 18.5 Å². The van der Waals surface area contributed by atoms with Crippen LogP contribution in [0.1, 0.15) is 36.9 Å². The fraction of sp³-hybridized carbons (Fsp3) is 0.368. The van der Waals surface area contributed by atoms with Crippen LogP contribution >= 0.6 is 0 Å². The van der Waals surface area contributed by atoms with Gasteiger partial charge in [0.05, 0.1) is 11.9 Å². The fourth-order valence-corrected chi connectivity index (χ4v) is 3.45. The van der Waals surface area contributed by atoms with Crippen molar-refractivity contribution >= 4 is 11.5 Å². The van der Waals surface area contributed by atoms with Crippen molar-refractivity contribution in [3.8, 4) is 5.75 Å². The molecule has 4 N–H and O–H groups in total. The number of nitrogens with zero attached hydrogens (tertiary/aromatic N) is 3. The third kappa shape index (κ3) is 3.44. The summed E-state index contributed by atoms with van der Waals surface area (Å²) < 4.78 is 1.85. The van der Waals surface area contributed by atoms with E-state index in [-0.39, 0.29) is 0 Å². The van der Waals surface area contributed by atoms with Gasteiger partial charge in [-0.25, -0.2) is 9.50 Å². The third-order valence-corrected chi connectivity index (χ3v) is 4.92. The van der Waals surface area contributed by atoms with Gasteiger partial charge in [0.2, 0.25) is 0 Å². The van der Waals surface area contributed by atoms with Crippen LogP contribution in [-0.2, 0) is 6.42 Å². The average Bonchev–Trinajstić information content (AvgIpc) is 3.01. The molecule has 6 nitrogen and oxygen atoms in total. The first-order valence-electron chi connectivity index (χ1n) is 8.82. The first kappa shape index (κ1) is 15.9. The molecule has 3 aromatic rings. The summed E-state index contributed by atoms with van der Waals surface area (Å²) in [6.07, 6.45) is 6.68. The Morgan fingerprint density at radius 2 is 1.92 bits per heavy atom. The number of imidazole rings is 1. The van der Waals surface area contributed by atoms with Gasteiger partial charge in [0.1, 0.15) is 11.6 Å². The molecule has 0 unspecified atom stereocenters. The lowest BCUT2D eigenvalue weighted by Gasteiger charge is -2.27. The van der Waals surface area contributed by atoms with Crippen molar-refractivity contribution in [3.05, 3.63) is 53.9 Å². The molecule has 0 saturated heterocycles. The molecular formula is C19H23N5O. The molecule has 130 valence electrons. The lowest BCUT2D eigenvalue weighted by atomic mass is 9.92. The number of hydrogen-bond donors (Lipinski definition) is 3. The summed E-state index contributed by atoms with van der Waals surface area (Å²) in [5.74, 6) is 1.15. The van der Waals surface area contributed by atoms with Gasteiger partial charge in [-0.1, -0.05) is 18.2 Å². The second-order valence-electron chi connectivity index (χ2n) is 6.80. The molecule has 0 aliphatic heterocycles. The Balaban J connectivity index is 1.56. The molecule has 0 bridgehead atoms. The van der Waals surface area contributed by atoms with Crippen LogP contribution in [-0.4, -0.2) is 31.8 Å². The molecule has 1 fully saturated rings. The van der Waals surface area contributed by atoms with E-state index in [9.17, 15) is 5.11 Å². The minimum Gasteiger partial charge on any atom is -0.508 e. The van der Waals surface area contributed by atoms with E-state index in [2.05, 4.69) is 10.3 Å². The number of nitrogens with one attached hydrogen (secondary N) is 1. The van der Waals surface area contributed by atoms with Crippen LogP contribution in [0.5, 0.6) is 5.75 Å². The van der Waals surface area contributed by atoms with Gasteiger partial charge < -0.3 is 16.2 Å². The molecule has 2 aromatic heterocycles. The number of aromatic hydroxyl groups is 1. The summed E-state index contributed by atoms with van der Waals surface area (Å²) in [4.78, 5) is 4.42. The van der Waals surface area contributed by atoms with E-state index < -0.39 is 0 Å². The molecule has 1 aliphatic carbocycles. The highest BCUT2D eigenvalue weighted by Gasteiger charge is 2.19. The van der Waals surface area contributed by atoms with E-state index in [0.29, 0.717) is 24.3 Å². The van der Waals surface area contributed by atoms with Crippen molar-refractivity contribution in [2.75, 3.05) is 5.32 Å². The molecule has 2 heterocycles. The lowest BCUT2D eigenvalue weighted by Crippen LogP contribution is -2.33. The summed E-state index contributed by atoms with van der Waals surface area (Å²) in [5, 5.41) is 18.2. The maximum absolute atomic E-state index is 10.0. The molecule has 1 aliphatic rings. The van der Waals surface area contributed by atoms with E-state index in [1.54, 1.807) is 6.07 Å². The number of hydrogen-bond acceptors (Lipinski definition) is 5. The predicted molar refractivity (Wildman–Crippen MR) is 97.8 cm³/mol. The Kier molecular flexibility index (Phi) is 4.28. The number of phenolic OH excluding ortho intramolecular Hbond substituents is 1. The number of benzene rings is 1. The largest absolute Gasteiger partial charge is 0.508 e. The van der Waals surface area contributed by atoms with E-state index in [1.165, 1.54) is 0 Å². The van der Waals surface area contributed by atoms with Crippen LogP contribution in [0.3, 0.4) is 0 Å². The number of para-hydroxylation sites is 1. The number of fused-ring (bicyclic) bond motifs is 1. The summed E-state index contributed by atoms with van der Waals surface area (Å²) in [6.45, 7) is 0. The topological polar surface area (TPSA) is 88.5 Å². The number of rotatable bonds is 4. The highest BCUT2D eigenvalue weighted by Crippen LogP contribution is 2.22. The molecule has 0 atom stereocenters. The van der Waals surface area contributed by atoms with Crippen LogP contribution in [0.4, 0.5) is 5.82 Å². The Morgan fingerprint density at radius 1 is 1.12 bits per heavy atom. The third-order valence-electron chi connectivity index (χ3n) is 4.92. The molecule has 0 radical (unpaired) electrons. The van der Waals surface area contributed by atoms with E-state index in [0.717, 1.165) is 48.4 Å². The van der Waals surface area contributed by atoms with Crippen molar-refractivity contribution in [2.45, 2.75) is 44.2 Å². The van der Waals surface area contributed by atoms with Gasteiger partial charge in [-0.3, -0.25) is 0 Å². The monoisotopic (exact) mass is 337 g/mol. The van der Waals surface area contributed by atoms with Gasteiger partial charge in [0.25, 0.3) is 0 Å². The second kappa shape index (κ2) is 6.72. The standard InChI is InChI=1S/C19H23N5O/c20-14-5-7-15(8-6-14)22-18-9-10-19-21-12-16(24(19)23-18)11-13-3-1-2-4-17(13)25/h1-4,9-10,12,14-15,25H,5-8,11,20H2,(H,22,23). The summed E-state index contributed by atoms with van der Waals surface area (Å²) in [6, 6.07) is 12.1. The minimum absolute atomic E-state index is 0.297. The Labute approximate surface area is 146 Å². The van der Waals surface area contributed by atoms with Crippen molar-refractivity contribution in [1.82, 2.24) is 14.6 Å². The minimum atomic E-state index is 0.297. The van der Waals surface area contributed by atoms with Crippen LogP contribution in [0, 0.1) is 0 Å². The van der Waals surface area contributed by atoms with Crippen LogP contribution < -0.4 is 11.1 Å². The summed E-state index contributed by atoms with van der Waals surface area (Å²) >= 11 is 0. The van der Waals surface area contributed by atoms with E-state index >= 15 is 0 Å². The van der Waals surface area contributed by atoms with Gasteiger partial charge >= 0.3 is 0 Å². The highest BCUT2D eigenvalue weighted by molar-refractivity contribution is 5.47. The zero-order valence-corrected chi connectivity index (χ0v) is 14.1. The van der Waals surface area contributed by atoms with Crippen molar-refractivity contribution in [3.63, 3.8) is 0 Å². The van der Waals surface area contributed by atoms with Crippen molar-refractivity contribution < 1.29 is 5.11 Å². The zero-order valence-electron chi connectivity index (χ0n) is 14.1. The van der Waals surface area contributed by atoms with Crippen molar-refractivity contribution in [1.29, 1.82) is 0 Å². The normalized spacial score (nSPS) is 20.7. The van der Waals surface area contributed by atoms with Gasteiger partial charge in [0.15, 0.2) is 5.65 Å². The molecule has 4 rings (SSSR count). The lowest BCUT2D eigenvalue weighted by molar-refractivity contribution is 0.410. The summed E-state index contributed by atoms with van der Waals surface area (Å²) in [7, 11) is 0. The predicted octanol–water partition coefficient (Wildman–Crippen LogP) is 2.71. The zero-order chi connectivity index (χ0) is 17.2. The van der Waals surface area contributed by atoms with Gasteiger partial charge in [-0.2, -0.15) is 0 Å². The van der Waals surface area contributed by atoms with Crippen LogP contribution in [0.25, 0.3) is 5.65 Å². The number of aromatic nitrogens is 3. The van der Waals surface area contributed by atoms with E-state index in [4.69, 9.17) is 10.8 Å². The molecule has 25 heavy (non-hydrogen) atoms. The number of anilines is 1. The van der Waals surface area contributed by atoms with Crippen molar-refractivity contribution in [2.24, 2.45) is 5.73 Å². The molecule has 6 heteroatoms. The maximum atomic E-state index is 10.0. The molecule has 1 saturated carbocycles. The molecule has 0 amide bonds. The molecule has 0 spiro atoms. The average molecular weight is 337 g/mol. The van der Waals surface area contributed by atoms with Gasteiger partial charge in [-0.15, -0.1) is 5.10 Å². The van der Waals surface area contributed by atoms with Gasteiger partial charge in [-0.05, 0) is 49.4 Å². The van der Waals surface area contributed by atoms with E-state index in [1.807, 2.05) is 41.0 Å².